The van der Waals surface area contributed by atoms with Gasteiger partial charge in [-0.25, -0.2) is 0 Å². The minimum absolute atomic E-state index is 0.0410. The van der Waals surface area contributed by atoms with Gasteiger partial charge in [0.15, 0.2) is 11.5 Å². The number of carbonyl (C=O) groups excluding carboxylic acids is 1. The molecule has 0 spiro atoms. The zero-order valence-corrected chi connectivity index (χ0v) is 11.9. The summed E-state index contributed by atoms with van der Waals surface area (Å²) < 4.78 is 10.9. The van der Waals surface area contributed by atoms with Crippen molar-refractivity contribution in [3.8, 4) is 11.5 Å². The summed E-state index contributed by atoms with van der Waals surface area (Å²) in [5.74, 6) is 1.38. The van der Waals surface area contributed by atoms with Gasteiger partial charge in [-0.1, -0.05) is 13.8 Å². The number of aliphatic hydroxyl groups is 1. The Morgan fingerprint density at radius 2 is 2.00 bits per heavy atom. The molecule has 0 bridgehead atoms. The summed E-state index contributed by atoms with van der Waals surface area (Å²) in [5.41, 5.74) is 0.540. The summed E-state index contributed by atoms with van der Waals surface area (Å²) in [6.45, 7) is 5.13. The van der Waals surface area contributed by atoms with Gasteiger partial charge in [-0.15, -0.1) is 0 Å². The number of rotatable bonds is 5. The topological polar surface area (TPSA) is 67.8 Å². The van der Waals surface area contributed by atoms with Gasteiger partial charge in [0.25, 0.3) is 5.91 Å². The molecule has 1 aromatic carbocycles. The van der Waals surface area contributed by atoms with Crippen molar-refractivity contribution < 1.29 is 19.4 Å². The number of hydrogen-bond donors (Lipinski definition) is 2. The monoisotopic (exact) mass is 279 g/mol. The van der Waals surface area contributed by atoms with Gasteiger partial charge >= 0.3 is 0 Å². The first-order chi connectivity index (χ1) is 9.61. The number of aliphatic hydroxyl groups excluding tert-OH is 1. The van der Waals surface area contributed by atoms with Crippen molar-refractivity contribution >= 4 is 5.91 Å². The van der Waals surface area contributed by atoms with Crippen LogP contribution in [0.25, 0.3) is 0 Å². The van der Waals surface area contributed by atoms with E-state index in [9.17, 15) is 4.79 Å². The fraction of sp³-hybridized carbons (Fsp3) is 0.533. The Labute approximate surface area is 118 Å². The third-order valence-electron chi connectivity index (χ3n) is 3.37. The van der Waals surface area contributed by atoms with Crippen LogP contribution in [0.3, 0.4) is 0 Å². The minimum Gasteiger partial charge on any atom is -0.486 e. The molecule has 110 valence electrons. The molecule has 0 fully saturated rings. The van der Waals surface area contributed by atoms with Crippen molar-refractivity contribution in [1.29, 1.82) is 0 Å². The minimum atomic E-state index is -0.158. The average molecular weight is 279 g/mol. The molecule has 1 atom stereocenters. The van der Waals surface area contributed by atoms with E-state index in [0.29, 0.717) is 36.7 Å². The first-order valence-corrected chi connectivity index (χ1v) is 6.93. The Hall–Kier alpha value is -1.75. The highest BCUT2D eigenvalue weighted by molar-refractivity contribution is 5.95. The molecule has 1 aliphatic heterocycles. The average Bonchev–Trinajstić information content (AvgIpc) is 2.46. The molecule has 2 N–H and O–H groups in total. The van der Waals surface area contributed by atoms with Crippen LogP contribution in [0, 0.1) is 5.92 Å². The molecule has 5 heteroatoms. The number of fused-ring (bicyclic) bond motifs is 1. The predicted molar refractivity (Wildman–Crippen MR) is 75.2 cm³/mol. The van der Waals surface area contributed by atoms with E-state index in [1.54, 1.807) is 18.2 Å². The van der Waals surface area contributed by atoms with E-state index in [2.05, 4.69) is 5.32 Å². The van der Waals surface area contributed by atoms with Gasteiger partial charge in [-0.05, 0) is 30.5 Å². The summed E-state index contributed by atoms with van der Waals surface area (Å²) in [7, 11) is 0. The van der Waals surface area contributed by atoms with Crippen LogP contribution in [0.15, 0.2) is 18.2 Å². The number of ether oxygens (including phenoxy) is 2. The molecule has 0 aliphatic carbocycles. The lowest BCUT2D eigenvalue weighted by molar-refractivity contribution is 0.0915. The third kappa shape index (κ3) is 3.42. The molecule has 0 saturated carbocycles. The van der Waals surface area contributed by atoms with Crippen molar-refractivity contribution in [1.82, 2.24) is 5.32 Å². The largest absolute Gasteiger partial charge is 0.486 e. The fourth-order valence-corrected chi connectivity index (χ4v) is 2.15. The lowest BCUT2D eigenvalue weighted by Crippen LogP contribution is -2.39. The SMILES string of the molecule is CC(C)C(CCO)NC(=O)c1ccc2c(c1)OCCO2. The lowest BCUT2D eigenvalue weighted by atomic mass is 10.0. The Morgan fingerprint density at radius 3 is 2.65 bits per heavy atom. The zero-order valence-electron chi connectivity index (χ0n) is 11.9. The molecule has 20 heavy (non-hydrogen) atoms. The van der Waals surface area contributed by atoms with Gasteiger partial charge in [0, 0.05) is 18.2 Å². The summed E-state index contributed by atoms with van der Waals surface area (Å²) >= 11 is 0. The van der Waals surface area contributed by atoms with E-state index in [-0.39, 0.29) is 24.5 Å². The maximum Gasteiger partial charge on any atom is 0.251 e. The standard InChI is InChI=1S/C15H21NO4/c1-10(2)12(5-6-17)16-15(18)11-3-4-13-14(9-11)20-8-7-19-13/h3-4,9-10,12,17H,5-8H2,1-2H3,(H,16,18). The molecule has 5 nitrogen and oxygen atoms in total. The van der Waals surface area contributed by atoms with E-state index in [1.807, 2.05) is 13.8 Å². The first kappa shape index (κ1) is 14.7. The molecule has 0 radical (unpaired) electrons. The van der Waals surface area contributed by atoms with Crippen LogP contribution in [0.1, 0.15) is 30.6 Å². The summed E-state index contributed by atoms with van der Waals surface area (Å²) in [5, 5.41) is 12.0. The number of carbonyl (C=O) groups is 1. The maximum atomic E-state index is 12.2. The second-order valence-corrected chi connectivity index (χ2v) is 5.19. The van der Waals surface area contributed by atoms with Crippen molar-refractivity contribution in [2.45, 2.75) is 26.3 Å². The Morgan fingerprint density at radius 1 is 1.30 bits per heavy atom. The molecule has 1 heterocycles. The highest BCUT2D eigenvalue weighted by Crippen LogP contribution is 2.30. The predicted octanol–water partition coefficient (Wildman–Crippen LogP) is 1.59. The van der Waals surface area contributed by atoms with Gasteiger partial charge in [-0.2, -0.15) is 0 Å². The molecular formula is C15H21NO4. The van der Waals surface area contributed by atoms with Crippen LogP contribution in [0.5, 0.6) is 11.5 Å². The van der Waals surface area contributed by atoms with Gasteiger partial charge < -0.3 is 19.9 Å². The zero-order chi connectivity index (χ0) is 14.5. The van der Waals surface area contributed by atoms with Crippen LogP contribution in [-0.2, 0) is 0 Å². The van der Waals surface area contributed by atoms with Crippen LogP contribution in [-0.4, -0.2) is 36.9 Å². The molecule has 1 unspecified atom stereocenters. The Balaban J connectivity index is 2.08. The highest BCUT2D eigenvalue weighted by atomic mass is 16.6. The van der Waals surface area contributed by atoms with E-state index >= 15 is 0 Å². The van der Waals surface area contributed by atoms with Crippen molar-refractivity contribution in [2.75, 3.05) is 19.8 Å². The fourth-order valence-electron chi connectivity index (χ4n) is 2.15. The molecule has 0 aromatic heterocycles. The van der Waals surface area contributed by atoms with Gasteiger partial charge in [0.2, 0.25) is 0 Å². The number of hydrogen-bond acceptors (Lipinski definition) is 4. The first-order valence-electron chi connectivity index (χ1n) is 6.93. The molecule has 1 aromatic rings. The molecule has 2 rings (SSSR count). The van der Waals surface area contributed by atoms with Crippen molar-refractivity contribution in [3.05, 3.63) is 23.8 Å². The van der Waals surface area contributed by atoms with Crippen LogP contribution in [0.4, 0.5) is 0 Å². The molecular weight excluding hydrogens is 258 g/mol. The smallest absolute Gasteiger partial charge is 0.251 e. The molecule has 1 amide bonds. The summed E-state index contributed by atoms with van der Waals surface area (Å²) in [4.78, 5) is 12.2. The summed E-state index contributed by atoms with van der Waals surface area (Å²) in [6, 6.07) is 5.12. The second-order valence-electron chi connectivity index (χ2n) is 5.19. The van der Waals surface area contributed by atoms with Crippen LogP contribution in [0.2, 0.25) is 0 Å². The lowest BCUT2D eigenvalue weighted by Gasteiger charge is -2.22. The van der Waals surface area contributed by atoms with E-state index in [0.717, 1.165) is 0 Å². The number of nitrogens with one attached hydrogen (secondary N) is 1. The molecule has 1 aliphatic rings. The van der Waals surface area contributed by atoms with Crippen molar-refractivity contribution in [2.24, 2.45) is 5.92 Å². The highest BCUT2D eigenvalue weighted by Gasteiger charge is 2.19. The van der Waals surface area contributed by atoms with E-state index < -0.39 is 0 Å². The van der Waals surface area contributed by atoms with Gasteiger partial charge in [0.05, 0.1) is 0 Å². The number of amides is 1. The molecule has 0 saturated heterocycles. The Bertz CT molecular complexity index is 473. The van der Waals surface area contributed by atoms with E-state index in [4.69, 9.17) is 14.6 Å². The quantitative estimate of drug-likeness (QED) is 0.859. The summed E-state index contributed by atoms with van der Waals surface area (Å²) in [6.07, 6.45) is 0.550. The van der Waals surface area contributed by atoms with Gasteiger partial charge in [-0.3, -0.25) is 4.79 Å². The van der Waals surface area contributed by atoms with Gasteiger partial charge in [0.1, 0.15) is 13.2 Å². The third-order valence-corrected chi connectivity index (χ3v) is 3.37. The van der Waals surface area contributed by atoms with Crippen LogP contribution < -0.4 is 14.8 Å². The van der Waals surface area contributed by atoms with Crippen molar-refractivity contribution in [3.63, 3.8) is 0 Å². The Kier molecular flexibility index (Phi) is 4.84. The normalized spacial score (nSPS) is 15.0. The number of benzene rings is 1. The van der Waals surface area contributed by atoms with E-state index in [1.165, 1.54) is 0 Å². The second kappa shape index (κ2) is 6.61. The maximum absolute atomic E-state index is 12.2. The van der Waals surface area contributed by atoms with Crippen LogP contribution >= 0.6 is 0 Å².